The van der Waals surface area contributed by atoms with Crippen molar-refractivity contribution in [1.82, 2.24) is 4.57 Å². The first kappa shape index (κ1) is 25.4. The third kappa shape index (κ3) is 4.01. The van der Waals surface area contributed by atoms with Crippen molar-refractivity contribution in [2.45, 2.75) is 0 Å². The Hall–Kier alpha value is -4.54. The number of furan rings is 1. The Kier molecular flexibility index (Phi) is 6.29. The van der Waals surface area contributed by atoms with E-state index in [1.165, 1.54) is 21.8 Å². The van der Waals surface area contributed by atoms with Crippen molar-refractivity contribution in [2.24, 2.45) is 0 Å². The van der Waals surface area contributed by atoms with E-state index in [4.69, 9.17) is 4.42 Å². The number of hydrogen-bond donors (Lipinski definition) is 0. The molecule has 0 radical (unpaired) electrons. The molecule has 2 aromatic heterocycles. The molecule has 0 unspecified atom stereocenters. The van der Waals surface area contributed by atoms with Crippen LogP contribution in [0.4, 0.5) is 0 Å². The van der Waals surface area contributed by atoms with E-state index in [0.717, 1.165) is 49.9 Å². The third-order valence-corrected chi connectivity index (χ3v) is 7.67. The van der Waals surface area contributed by atoms with Crippen molar-refractivity contribution in [3.05, 3.63) is 139 Å². The van der Waals surface area contributed by atoms with E-state index < -0.39 is 0 Å². The standard InChI is InChI=1S/C37H20N2O.U/c38-23-24-19-20-36-32(21-24)31-15-8-14-28(37(31)40-36)26-10-7-9-25(22-26)27-11-1-4-16-33(27)39-34-17-5-2-12-29(34)30-13-3-6-18-35(30)39;/h1-9,11-13,15-22H;/q-2;+2. The third-order valence-electron chi connectivity index (χ3n) is 7.67. The predicted octanol–water partition coefficient (Wildman–Crippen LogP) is 9.49. The van der Waals surface area contributed by atoms with Gasteiger partial charge in [0.25, 0.3) is 0 Å². The molecule has 0 N–H and O–H groups in total. The van der Waals surface area contributed by atoms with Crippen LogP contribution in [0.3, 0.4) is 0 Å². The second kappa shape index (κ2) is 10.1. The minimum Gasteiger partial charge on any atom is -0.510 e. The number of para-hydroxylation sites is 3. The molecule has 0 bridgehead atoms. The Morgan fingerprint density at radius 2 is 1.37 bits per heavy atom. The van der Waals surface area contributed by atoms with E-state index in [2.05, 4.69) is 108 Å². The molecule has 6 aromatic carbocycles. The van der Waals surface area contributed by atoms with E-state index >= 15 is 0 Å². The van der Waals surface area contributed by atoms with E-state index in [-0.39, 0.29) is 31.1 Å². The van der Waals surface area contributed by atoms with Gasteiger partial charge in [0, 0.05) is 21.7 Å². The van der Waals surface area contributed by atoms with Crippen molar-refractivity contribution in [3.8, 4) is 34.0 Å². The van der Waals surface area contributed by atoms with Gasteiger partial charge in [-0.25, -0.2) is 5.56 Å². The van der Waals surface area contributed by atoms with Gasteiger partial charge in [-0.15, -0.1) is 17.7 Å². The summed E-state index contributed by atoms with van der Waals surface area (Å²) < 4.78 is 8.65. The van der Waals surface area contributed by atoms with Crippen molar-refractivity contribution in [2.75, 3.05) is 0 Å². The fraction of sp³-hybridized carbons (Fsp3) is 0. The first-order valence-electron chi connectivity index (χ1n) is 13.2. The fourth-order valence-electron chi connectivity index (χ4n) is 5.88. The molecule has 4 heteroatoms. The van der Waals surface area contributed by atoms with Gasteiger partial charge in [-0.3, -0.25) is 0 Å². The molecule has 0 saturated heterocycles. The Morgan fingerprint density at radius 1 is 0.659 bits per heavy atom. The molecule has 41 heavy (non-hydrogen) atoms. The van der Waals surface area contributed by atoms with Crippen LogP contribution in [-0.2, 0) is 0 Å². The van der Waals surface area contributed by atoms with Crippen LogP contribution in [0.1, 0.15) is 5.56 Å². The number of nitriles is 1. The monoisotopic (exact) mass is 746 g/mol. The topological polar surface area (TPSA) is 41.9 Å². The minimum absolute atomic E-state index is 0. The van der Waals surface area contributed by atoms with Crippen molar-refractivity contribution in [3.63, 3.8) is 0 Å². The van der Waals surface area contributed by atoms with Crippen LogP contribution < -0.4 is 0 Å². The van der Waals surface area contributed by atoms with Gasteiger partial charge in [0.15, 0.2) is 0 Å². The molecule has 0 atom stereocenters. The zero-order valence-electron chi connectivity index (χ0n) is 21.8. The largest absolute Gasteiger partial charge is 2.00 e. The van der Waals surface area contributed by atoms with Crippen LogP contribution in [-0.4, -0.2) is 4.57 Å². The average molecular weight is 747 g/mol. The number of nitrogens with zero attached hydrogens (tertiary/aromatic N) is 2. The van der Waals surface area contributed by atoms with Gasteiger partial charge in [0.1, 0.15) is 5.58 Å². The van der Waals surface area contributed by atoms with Crippen LogP contribution >= 0.6 is 0 Å². The summed E-state index contributed by atoms with van der Waals surface area (Å²) in [6.45, 7) is 0. The maximum absolute atomic E-state index is 9.39. The Balaban J connectivity index is 0.00000276. The molecule has 8 aromatic rings. The Labute approximate surface area is 260 Å². The number of fused-ring (bicyclic) bond motifs is 6. The van der Waals surface area contributed by atoms with E-state index in [9.17, 15) is 5.26 Å². The predicted molar refractivity (Wildman–Crippen MR) is 161 cm³/mol. The summed E-state index contributed by atoms with van der Waals surface area (Å²) in [5, 5.41) is 13.8. The van der Waals surface area contributed by atoms with E-state index in [0.29, 0.717) is 5.56 Å². The van der Waals surface area contributed by atoms with Crippen LogP contribution in [0.2, 0.25) is 0 Å². The maximum atomic E-state index is 9.39. The van der Waals surface area contributed by atoms with Crippen LogP contribution in [0, 0.1) is 54.6 Å². The van der Waals surface area contributed by atoms with Gasteiger partial charge in [0.05, 0.1) is 28.4 Å². The summed E-state index contributed by atoms with van der Waals surface area (Å²) in [5.41, 5.74) is 9.54. The van der Waals surface area contributed by atoms with Gasteiger partial charge in [-0.05, 0) is 42.0 Å². The molecule has 2 heterocycles. The molecule has 0 aliphatic heterocycles. The molecular formula is C37H20N2OU. The fourth-order valence-corrected chi connectivity index (χ4v) is 5.88. The van der Waals surface area contributed by atoms with Crippen molar-refractivity contribution < 1.29 is 35.5 Å². The van der Waals surface area contributed by atoms with Gasteiger partial charge in [-0.1, -0.05) is 60.0 Å². The molecule has 3 nitrogen and oxygen atoms in total. The molecule has 0 aliphatic carbocycles. The summed E-state index contributed by atoms with van der Waals surface area (Å²) in [6, 6.07) is 50.4. The first-order chi connectivity index (χ1) is 19.8. The van der Waals surface area contributed by atoms with Gasteiger partial charge in [0.2, 0.25) is 0 Å². The molecule has 0 saturated carbocycles. The average Bonchev–Trinajstić information content (AvgIpc) is 3.56. The number of benzene rings is 6. The molecule has 8 rings (SSSR count). The summed E-state index contributed by atoms with van der Waals surface area (Å²) in [6.07, 6.45) is 0. The molecular weight excluding hydrogens is 726 g/mol. The zero-order chi connectivity index (χ0) is 26.6. The van der Waals surface area contributed by atoms with Gasteiger partial charge >= 0.3 is 31.1 Å². The summed E-state index contributed by atoms with van der Waals surface area (Å²) in [7, 11) is 0. The molecule has 0 fully saturated rings. The van der Waals surface area contributed by atoms with Gasteiger partial charge in [-0.2, -0.15) is 41.2 Å². The van der Waals surface area contributed by atoms with E-state index in [1.54, 1.807) is 6.07 Å². The zero-order valence-corrected chi connectivity index (χ0v) is 26.0. The summed E-state index contributed by atoms with van der Waals surface area (Å²) in [4.78, 5) is 0. The molecule has 188 valence electrons. The smallest absolute Gasteiger partial charge is 0.510 e. The number of aromatic nitrogens is 1. The number of rotatable bonds is 3. The molecule has 0 amide bonds. The second-order valence-electron chi connectivity index (χ2n) is 9.90. The maximum Gasteiger partial charge on any atom is 2.00 e. The molecule has 0 spiro atoms. The number of hydrogen-bond acceptors (Lipinski definition) is 2. The first-order valence-corrected chi connectivity index (χ1v) is 13.2. The van der Waals surface area contributed by atoms with Crippen LogP contribution in [0.25, 0.3) is 71.7 Å². The van der Waals surface area contributed by atoms with Crippen molar-refractivity contribution >= 4 is 43.7 Å². The van der Waals surface area contributed by atoms with Gasteiger partial charge < -0.3 is 8.98 Å². The Morgan fingerprint density at radius 3 is 2.15 bits per heavy atom. The normalized spacial score (nSPS) is 11.2. The quantitative estimate of drug-likeness (QED) is 0.169. The van der Waals surface area contributed by atoms with Crippen LogP contribution in [0.15, 0.2) is 126 Å². The summed E-state index contributed by atoms with van der Waals surface area (Å²) >= 11 is 0. The summed E-state index contributed by atoms with van der Waals surface area (Å²) in [5.74, 6) is 0. The SMILES string of the molecule is N#Cc1ccc2oc3c(-c4[c-]ccc(-c5ccccc5-n5c6ccccc6c6ccccc65)c4)[c-]ccc3c2c1.[U+2]. The van der Waals surface area contributed by atoms with E-state index in [1.807, 2.05) is 30.3 Å². The molecule has 0 aliphatic rings. The van der Waals surface area contributed by atoms with Crippen LogP contribution in [0.5, 0.6) is 0 Å². The van der Waals surface area contributed by atoms with Crippen molar-refractivity contribution in [1.29, 1.82) is 5.26 Å². The minimum atomic E-state index is 0. The second-order valence-corrected chi connectivity index (χ2v) is 9.90. The Bertz CT molecular complexity index is 2250.